The SMILES string of the molecule is Cc1ccc(-n2c(C)cc(/C=N\NS(=O)(=O)c3ccc(C)c([N+](=O)[O-])c3)c2C)cc1. The third-order valence-corrected chi connectivity index (χ3v) is 6.05. The second-order valence-corrected chi connectivity index (χ2v) is 8.72. The predicted octanol–water partition coefficient (Wildman–Crippen LogP) is 3.93. The highest BCUT2D eigenvalue weighted by molar-refractivity contribution is 7.89. The fraction of sp³-hybridized carbons (Fsp3) is 0.190. The fourth-order valence-electron chi connectivity index (χ4n) is 3.18. The Labute approximate surface area is 175 Å². The minimum Gasteiger partial charge on any atom is -0.318 e. The fourth-order valence-corrected chi connectivity index (χ4v) is 3.99. The van der Waals surface area contributed by atoms with Crippen LogP contribution in [0.4, 0.5) is 5.69 Å². The van der Waals surface area contributed by atoms with Crippen LogP contribution in [-0.2, 0) is 10.0 Å². The molecule has 0 saturated carbocycles. The van der Waals surface area contributed by atoms with Gasteiger partial charge in [0.2, 0.25) is 0 Å². The van der Waals surface area contributed by atoms with Crippen LogP contribution in [0.2, 0.25) is 0 Å². The summed E-state index contributed by atoms with van der Waals surface area (Å²) in [6, 6.07) is 13.7. The van der Waals surface area contributed by atoms with Gasteiger partial charge in [-0.1, -0.05) is 23.8 Å². The number of nitro benzene ring substituents is 1. The number of aryl methyl sites for hydroxylation is 3. The molecule has 1 N–H and O–H groups in total. The number of rotatable bonds is 6. The maximum Gasteiger partial charge on any atom is 0.276 e. The minimum atomic E-state index is -4.04. The van der Waals surface area contributed by atoms with Crippen molar-refractivity contribution in [3.63, 3.8) is 0 Å². The lowest BCUT2D eigenvalue weighted by molar-refractivity contribution is -0.385. The van der Waals surface area contributed by atoms with Gasteiger partial charge in [0.25, 0.3) is 15.7 Å². The topological polar surface area (TPSA) is 107 Å². The van der Waals surface area contributed by atoms with Crippen LogP contribution in [0.3, 0.4) is 0 Å². The van der Waals surface area contributed by atoms with Crippen LogP contribution < -0.4 is 4.83 Å². The van der Waals surface area contributed by atoms with Gasteiger partial charge in [-0.2, -0.15) is 13.5 Å². The van der Waals surface area contributed by atoms with Gasteiger partial charge in [-0.05, 0) is 52.0 Å². The summed E-state index contributed by atoms with van der Waals surface area (Å²) in [5.74, 6) is 0. The average Bonchev–Trinajstić information content (AvgIpc) is 2.96. The molecule has 3 rings (SSSR count). The highest BCUT2D eigenvalue weighted by Gasteiger charge is 2.19. The van der Waals surface area contributed by atoms with E-state index < -0.39 is 14.9 Å². The molecule has 8 nitrogen and oxygen atoms in total. The van der Waals surface area contributed by atoms with Crippen LogP contribution in [0.1, 0.15) is 28.1 Å². The van der Waals surface area contributed by atoms with Crippen molar-refractivity contribution in [3.05, 3.63) is 86.7 Å². The van der Waals surface area contributed by atoms with Crippen LogP contribution in [0.5, 0.6) is 0 Å². The molecule has 0 unspecified atom stereocenters. The van der Waals surface area contributed by atoms with Crippen LogP contribution in [0.25, 0.3) is 5.69 Å². The summed E-state index contributed by atoms with van der Waals surface area (Å²) in [5, 5.41) is 14.9. The van der Waals surface area contributed by atoms with Crippen molar-refractivity contribution in [1.82, 2.24) is 9.40 Å². The quantitative estimate of drug-likeness (QED) is 0.366. The first-order valence-corrected chi connectivity index (χ1v) is 10.6. The van der Waals surface area contributed by atoms with Gasteiger partial charge in [-0.3, -0.25) is 10.1 Å². The molecule has 9 heteroatoms. The first kappa shape index (κ1) is 21.3. The molecule has 2 aromatic carbocycles. The number of sulfonamides is 1. The summed E-state index contributed by atoms with van der Waals surface area (Å²) >= 11 is 0. The molecule has 0 saturated heterocycles. The van der Waals surface area contributed by atoms with Crippen molar-refractivity contribution in [2.75, 3.05) is 0 Å². The Bertz CT molecular complexity index is 1240. The third kappa shape index (κ3) is 4.25. The lowest BCUT2D eigenvalue weighted by Crippen LogP contribution is -2.18. The monoisotopic (exact) mass is 426 g/mol. The van der Waals surface area contributed by atoms with Crippen molar-refractivity contribution in [2.24, 2.45) is 5.10 Å². The van der Waals surface area contributed by atoms with Crippen molar-refractivity contribution < 1.29 is 13.3 Å². The Hall–Kier alpha value is -3.46. The zero-order valence-electron chi connectivity index (χ0n) is 17.1. The molecular formula is C21H22N4O4S. The van der Waals surface area contributed by atoms with Crippen molar-refractivity contribution in [3.8, 4) is 5.69 Å². The second-order valence-electron chi connectivity index (χ2n) is 7.06. The van der Waals surface area contributed by atoms with E-state index >= 15 is 0 Å². The van der Waals surface area contributed by atoms with Gasteiger partial charge in [-0.15, -0.1) is 0 Å². The summed E-state index contributed by atoms with van der Waals surface area (Å²) in [6.07, 6.45) is 1.42. The van der Waals surface area contributed by atoms with Gasteiger partial charge < -0.3 is 4.57 Å². The molecule has 0 fully saturated rings. The van der Waals surface area contributed by atoms with E-state index in [0.717, 1.165) is 34.3 Å². The Morgan fingerprint density at radius 2 is 1.70 bits per heavy atom. The Kier molecular flexibility index (Phi) is 5.75. The Morgan fingerprint density at radius 3 is 2.33 bits per heavy atom. The number of benzene rings is 2. The summed E-state index contributed by atoms with van der Waals surface area (Å²) in [6.45, 7) is 7.45. The van der Waals surface area contributed by atoms with Crippen LogP contribution in [0, 0.1) is 37.8 Å². The molecule has 0 radical (unpaired) electrons. The van der Waals surface area contributed by atoms with Crippen LogP contribution in [0.15, 0.2) is 58.5 Å². The molecule has 30 heavy (non-hydrogen) atoms. The van der Waals surface area contributed by atoms with E-state index in [1.54, 1.807) is 6.92 Å². The number of aromatic nitrogens is 1. The molecule has 156 valence electrons. The molecular weight excluding hydrogens is 404 g/mol. The van der Waals surface area contributed by atoms with Crippen molar-refractivity contribution in [1.29, 1.82) is 0 Å². The van der Waals surface area contributed by atoms with Gasteiger partial charge in [-0.25, -0.2) is 4.83 Å². The summed E-state index contributed by atoms with van der Waals surface area (Å²) < 4.78 is 27.0. The lowest BCUT2D eigenvalue weighted by Gasteiger charge is -2.09. The smallest absolute Gasteiger partial charge is 0.276 e. The van der Waals surface area contributed by atoms with E-state index in [4.69, 9.17) is 0 Å². The molecule has 0 bridgehead atoms. The molecule has 1 heterocycles. The third-order valence-electron chi connectivity index (χ3n) is 4.83. The van der Waals surface area contributed by atoms with Gasteiger partial charge in [0.05, 0.1) is 16.0 Å². The maximum atomic E-state index is 12.5. The Morgan fingerprint density at radius 1 is 1.03 bits per heavy atom. The molecule has 3 aromatic rings. The van der Waals surface area contributed by atoms with E-state index in [2.05, 4.69) is 14.5 Å². The first-order chi connectivity index (χ1) is 14.1. The standard InChI is InChI=1S/C21H22N4O4S/c1-14-5-8-19(9-6-14)24-16(3)11-18(17(24)4)13-22-23-30(28,29)20-10-7-15(2)21(12-20)25(26)27/h5-13,23H,1-4H3/b22-13-. The summed E-state index contributed by atoms with van der Waals surface area (Å²) in [5.41, 5.74) is 4.93. The Balaban J connectivity index is 1.85. The van der Waals surface area contributed by atoms with Gasteiger partial charge >= 0.3 is 0 Å². The van der Waals surface area contributed by atoms with Crippen molar-refractivity contribution >= 4 is 21.9 Å². The first-order valence-electron chi connectivity index (χ1n) is 9.16. The number of hydrazone groups is 1. The van der Waals surface area contributed by atoms with Crippen LogP contribution in [-0.4, -0.2) is 24.1 Å². The summed E-state index contributed by atoms with van der Waals surface area (Å²) in [7, 11) is -4.04. The largest absolute Gasteiger partial charge is 0.318 e. The van der Waals surface area contributed by atoms with Gasteiger partial charge in [0.15, 0.2) is 0 Å². The highest BCUT2D eigenvalue weighted by atomic mass is 32.2. The van der Waals surface area contributed by atoms with E-state index in [0.29, 0.717) is 5.56 Å². The lowest BCUT2D eigenvalue weighted by atomic mass is 10.2. The van der Waals surface area contributed by atoms with E-state index in [9.17, 15) is 18.5 Å². The predicted molar refractivity (Wildman–Crippen MR) is 116 cm³/mol. The van der Waals surface area contributed by atoms with E-state index in [1.165, 1.54) is 18.3 Å². The normalized spacial score (nSPS) is 11.7. The second kappa shape index (κ2) is 8.11. The molecule has 0 aliphatic rings. The number of hydrogen-bond donors (Lipinski definition) is 1. The molecule has 0 spiro atoms. The van der Waals surface area contributed by atoms with Gasteiger partial charge in [0.1, 0.15) is 0 Å². The number of nitrogens with zero attached hydrogens (tertiary/aromatic N) is 3. The highest BCUT2D eigenvalue weighted by Crippen LogP contribution is 2.22. The molecule has 0 amide bonds. The molecule has 0 atom stereocenters. The van der Waals surface area contributed by atoms with Gasteiger partial charge in [0, 0.05) is 34.3 Å². The molecule has 0 aliphatic carbocycles. The zero-order valence-corrected chi connectivity index (χ0v) is 17.9. The minimum absolute atomic E-state index is 0.220. The van der Waals surface area contributed by atoms with Crippen molar-refractivity contribution in [2.45, 2.75) is 32.6 Å². The molecule has 0 aliphatic heterocycles. The van der Waals surface area contributed by atoms with E-state index in [-0.39, 0.29) is 10.6 Å². The van der Waals surface area contributed by atoms with E-state index in [1.807, 2.05) is 51.1 Å². The zero-order chi connectivity index (χ0) is 22.1. The van der Waals surface area contributed by atoms with Crippen LogP contribution >= 0.6 is 0 Å². The maximum absolute atomic E-state index is 12.5. The average molecular weight is 426 g/mol. The summed E-state index contributed by atoms with van der Waals surface area (Å²) in [4.78, 5) is 12.4. The number of hydrogen-bond acceptors (Lipinski definition) is 5. The molecule has 1 aromatic heterocycles. The number of nitro groups is 1. The number of nitrogens with one attached hydrogen (secondary N) is 1.